The summed E-state index contributed by atoms with van der Waals surface area (Å²) in [6, 6.07) is 8.28. The minimum Gasteiger partial charge on any atom is -0.480 e. The minimum atomic E-state index is -1.21. The highest BCUT2D eigenvalue weighted by atomic mass is 16.6. The van der Waals surface area contributed by atoms with Crippen molar-refractivity contribution in [2.45, 2.75) is 25.1 Å². The summed E-state index contributed by atoms with van der Waals surface area (Å²) in [5.41, 5.74) is 0.920. The molecular weight excluding hydrogens is 354 g/mol. The van der Waals surface area contributed by atoms with Crippen LogP contribution in [-0.2, 0) is 16.1 Å². The predicted molar refractivity (Wildman–Crippen MR) is 94.3 cm³/mol. The van der Waals surface area contributed by atoms with E-state index in [0.29, 0.717) is 26.2 Å². The zero-order chi connectivity index (χ0) is 19.4. The Morgan fingerprint density at radius 2 is 1.70 bits per heavy atom. The molecule has 2 aliphatic rings. The van der Waals surface area contributed by atoms with Gasteiger partial charge < -0.3 is 19.8 Å². The summed E-state index contributed by atoms with van der Waals surface area (Å²) in [6.07, 6.45) is -1.33. The first-order valence-corrected chi connectivity index (χ1v) is 8.87. The Morgan fingerprint density at radius 1 is 1.04 bits per heavy atom. The van der Waals surface area contributed by atoms with E-state index < -0.39 is 18.1 Å². The first kappa shape index (κ1) is 19.0. The normalized spacial score (nSPS) is 23.3. The molecule has 9 heteroatoms. The third-order valence-electron chi connectivity index (χ3n) is 5.10. The Kier molecular flexibility index (Phi) is 5.80. The van der Waals surface area contributed by atoms with E-state index in [1.807, 2.05) is 30.3 Å². The average molecular weight is 377 g/mol. The fourth-order valence-corrected chi connectivity index (χ4v) is 3.60. The van der Waals surface area contributed by atoms with Crippen LogP contribution in [0.1, 0.15) is 12.0 Å². The van der Waals surface area contributed by atoms with Gasteiger partial charge in [-0.2, -0.15) is 0 Å². The Hall–Kier alpha value is -2.81. The van der Waals surface area contributed by atoms with E-state index in [4.69, 9.17) is 4.74 Å². The van der Waals surface area contributed by atoms with Crippen LogP contribution in [0.2, 0.25) is 0 Å². The highest BCUT2D eigenvalue weighted by molar-refractivity contribution is 5.80. The quantitative estimate of drug-likeness (QED) is 0.810. The smallest absolute Gasteiger partial charge is 0.410 e. The van der Waals surface area contributed by atoms with E-state index in [2.05, 4.69) is 4.90 Å². The lowest BCUT2D eigenvalue weighted by atomic mass is 10.1. The molecule has 2 fully saturated rings. The fraction of sp³-hybridized carbons (Fsp3) is 0.500. The molecule has 2 atom stereocenters. The zero-order valence-electron chi connectivity index (χ0n) is 14.9. The first-order chi connectivity index (χ1) is 13.0. The molecule has 2 N–H and O–H groups in total. The number of hydrogen-bond donors (Lipinski definition) is 2. The molecule has 146 valence electrons. The van der Waals surface area contributed by atoms with Crippen LogP contribution >= 0.6 is 0 Å². The van der Waals surface area contributed by atoms with Gasteiger partial charge in [0.25, 0.3) is 0 Å². The van der Waals surface area contributed by atoms with E-state index in [-0.39, 0.29) is 31.7 Å². The van der Waals surface area contributed by atoms with Crippen molar-refractivity contribution >= 4 is 18.2 Å². The highest BCUT2D eigenvalue weighted by Gasteiger charge is 2.42. The summed E-state index contributed by atoms with van der Waals surface area (Å²) in [6.45, 7) is 2.45. The van der Waals surface area contributed by atoms with Crippen molar-refractivity contribution in [1.82, 2.24) is 14.7 Å². The molecular formula is C18H23N3O6. The molecule has 0 bridgehead atoms. The molecule has 0 unspecified atom stereocenters. The molecule has 9 nitrogen and oxygen atoms in total. The Labute approximate surface area is 156 Å². The van der Waals surface area contributed by atoms with Gasteiger partial charge in [-0.3, -0.25) is 9.80 Å². The first-order valence-electron chi connectivity index (χ1n) is 8.87. The van der Waals surface area contributed by atoms with Gasteiger partial charge in [0.05, 0.1) is 0 Å². The van der Waals surface area contributed by atoms with Gasteiger partial charge in [-0.25, -0.2) is 14.4 Å². The SMILES string of the molecule is O=C(O)[C@@H]1C[C@@H](N2CCN(C(=O)OCc3ccccc3)CC2)CN1C(=O)O. The van der Waals surface area contributed by atoms with Gasteiger partial charge in [-0.1, -0.05) is 30.3 Å². The summed E-state index contributed by atoms with van der Waals surface area (Å²) >= 11 is 0. The van der Waals surface area contributed by atoms with Crippen molar-refractivity contribution in [2.75, 3.05) is 32.7 Å². The summed E-state index contributed by atoms with van der Waals surface area (Å²) in [7, 11) is 0. The fourth-order valence-electron chi connectivity index (χ4n) is 3.60. The van der Waals surface area contributed by atoms with E-state index >= 15 is 0 Å². The van der Waals surface area contributed by atoms with Crippen molar-refractivity contribution in [3.8, 4) is 0 Å². The van der Waals surface area contributed by atoms with Crippen LogP contribution in [0, 0.1) is 0 Å². The maximum Gasteiger partial charge on any atom is 0.410 e. The number of likely N-dealkylation sites (tertiary alicyclic amines) is 1. The second kappa shape index (κ2) is 8.26. The van der Waals surface area contributed by atoms with E-state index in [9.17, 15) is 24.6 Å². The maximum atomic E-state index is 12.2. The van der Waals surface area contributed by atoms with Gasteiger partial charge in [-0.15, -0.1) is 0 Å². The number of amides is 2. The molecule has 0 saturated carbocycles. The van der Waals surface area contributed by atoms with E-state index in [0.717, 1.165) is 10.5 Å². The lowest BCUT2D eigenvalue weighted by Gasteiger charge is -2.37. The van der Waals surface area contributed by atoms with Crippen LogP contribution in [0.3, 0.4) is 0 Å². The zero-order valence-corrected chi connectivity index (χ0v) is 14.9. The highest BCUT2D eigenvalue weighted by Crippen LogP contribution is 2.24. The van der Waals surface area contributed by atoms with Crippen molar-refractivity contribution in [3.63, 3.8) is 0 Å². The van der Waals surface area contributed by atoms with E-state index in [1.54, 1.807) is 4.90 Å². The number of nitrogens with zero attached hydrogens (tertiary/aromatic N) is 3. The van der Waals surface area contributed by atoms with Gasteiger partial charge in [0, 0.05) is 38.8 Å². The number of carbonyl (C=O) groups is 3. The third kappa shape index (κ3) is 4.48. The molecule has 2 saturated heterocycles. The van der Waals surface area contributed by atoms with Crippen LogP contribution in [0.15, 0.2) is 30.3 Å². The summed E-state index contributed by atoms with van der Waals surface area (Å²) in [5, 5.41) is 18.4. The van der Waals surface area contributed by atoms with Crippen molar-refractivity contribution in [1.29, 1.82) is 0 Å². The van der Waals surface area contributed by atoms with Crippen molar-refractivity contribution < 1.29 is 29.3 Å². The second-order valence-electron chi connectivity index (χ2n) is 6.74. The molecule has 27 heavy (non-hydrogen) atoms. The van der Waals surface area contributed by atoms with Gasteiger partial charge in [0.1, 0.15) is 12.6 Å². The molecule has 3 rings (SSSR count). The van der Waals surface area contributed by atoms with Crippen LogP contribution in [-0.4, -0.2) is 87.9 Å². The van der Waals surface area contributed by atoms with Gasteiger partial charge in [-0.05, 0) is 12.0 Å². The van der Waals surface area contributed by atoms with Crippen LogP contribution in [0.4, 0.5) is 9.59 Å². The molecule has 0 spiro atoms. The Morgan fingerprint density at radius 3 is 2.26 bits per heavy atom. The number of carbonyl (C=O) groups excluding carboxylic acids is 1. The minimum absolute atomic E-state index is 0.148. The average Bonchev–Trinajstić information content (AvgIpc) is 3.13. The number of hydrogen-bond acceptors (Lipinski definition) is 5. The molecule has 2 heterocycles. The molecule has 2 amide bonds. The van der Waals surface area contributed by atoms with Gasteiger partial charge in [0.2, 0.25) is 0 Å². The summed E-state index contributed by atoms with van der Waals surface area (Å²) in [4.78, 5) is 39.4. The Balaban J connectivity index is 1.48. The second-order valence-corrected chi connectivity index (χ2v) is 6.74. The van der Waals surface area contributed by atoms with Crippen LogP contribution in [0.25, 0.3) is 0 Å². The number of carboxylic acids is 1. The largest absolute Gasteiger partial charge is 0.480 e. The van der Waals surface area contributed by atoms with Gasteiger partial charge in [0.15, 0.2) is 0 Å². The number of piperazine rings is 1. The number of rotatable bonds is 4. The lowest BCUT2D eigenvalue weighted by molar-refractivity contribution is -0.141. The van der Waals surface area contributed by atoms with Crippen molar-refractivity contribution in [2.24, 2.45) is 0 Å². The number of benzene rings is 1. The maximum absolute atomic E-state index is 12.2. The topological polar surface area (TPSA) is 111 Å². The van der Waals surface area contributed by atoms with Crippen LogP contribution < -0.4 is 0 Å². The summed E-state index contributed by atoms with van der Waals surface area (Å²) in [5.74, 6) is -1.12. The Bertz CT molecular complexity index is 668. The number of ether oxygens (including phenoxy) is 1. The molecule has 1 aromatic rings. The summed E-state index contributed by atoms with van der Waals surface area (Å²) < 4.78 is 5.33. The number of aliphatic carboxylic acids is 1. The number of carboxylic acid groups (broad SMARTS) is 2. The molecule has 0 radical (unpaired) electrons. The predicted octanol–water partition coefficient (Wildman–Crippen LogP) is 1.15. The van der Waals surface area contributed by atoms with Gasteiger partial charge >= 0.3 is 18.2 Å². The molecule has 1 aromatic carbocycles. The van der Waals surface area contributed by atoms with Crippen LogP contribution in [0.5, 0.6) is 0 Å². The third-order valence-corrected chi connectivity index (χ3v) is 5.10. The standard InChI is InChI=1S/C18H23N3O6/c22-16(23)15-10-14(11-21(15)17(24)25)19-6-8-20(9-7-19)18(26)27-12-13-4-2-1-3-5-13/h1-5,14-15H,6-12H2,(H,22,23)(H,24,25)/t14-,15+/m1/s1. The molecule has 0 aromatic heterocycles. The monoisotopic (exact) mass is 377 g/mol. The lowest BCUT2D eigenvalue weighted by Crippen LogP contribution is -2.52. The van der Waals surface area contributed by atoms with E-state index in [1.165, 1.54) is 0 Å². The molecule has 2 aliphatic heterocycles. The van der Waals surface area contributed by atoms with Crippen molar-refractivity contribution in [3.05, 3.63) is 35.9 Å². The molecule has 0 aliphatic carbocycles.